The highest BCUT2D eigenvalue weighted by atomic mass is 35.5. The van der Waals surface area contributed by atoms with E-state index in [0.29, 0.717) is 6.04 Å². The quantitative estimate of drug-likeness (QED) is 0.824. The Bertz CT molecular complexity index is 344. The fraction of sp³-hybridized carbons (Fsp3) is 0.538. The zero-order valence-electron chi connectivity index (χ0n) is 9.39. The number of nitrogens with one attached hydrogen (secondary N) is 1. The number of hydrogen-bond acceptors (Lipinski definition) is 1. The van der Waals surface area contributed by atoms with Crippen LogP contribution in [0.15, 0.2) is 18.2 Å². The van der Waals surface area contributed by atoms with Gasteiger partial charge in [-0.1, -0.05) is 36.2 Å². The van der Waals surface area contributed by atoms with Crippen LogP contribution < -0.4 is 5.32 Å². The minimum atomic E-state index is 0.436. The molecule has 0 bridgehead atoms. The van der Waals surface area contributed by atoms with Gasteiger partial charge in [0.2, 0.25) is 0 Å². The highest BCUT2D eigenvalue weighted by molar-refractivity contribution is 6.32. The van der Waals surface area contributed by atoms with Gasteiger partial charge >= 0.3 is 0 Å². The first-order valence-corrected chi connectivity index (χ1v) is 6.04. The molecule has 1 nitrogen and oxygen atoms in total. The highest BCUT2D eigenvalue weighted by Gasteiger charge is 2.28. The first kappa shape index (κ1) is 11.0. The Morgan fingerprint density at radius 3 is 2.67 bits per heavy atom. The van der Waals surface area contributed by atoms with Crippen LogP contribution in [0.25, 0.3) is 0 Å². The topological polar surface area (TPSA) is 12.0 Å². The van der Waals surface area contributed by atoms with Crippen molar-refractivity contribution < 1.29 is 0 Å². The molecule has 1 saturated carbocycles. The predicted molar refractivity (Wildman–Crippen MR) is 65.3 cm³/mol. The van der Waals surface area contributed by atoms with E-state index in [4.69, 9.17) is 11.6 Å². The summed E-state index contributed by atoms with van der Waals surface area (Å²) in [5.41, 5.74) is 2.44. The molecule has 15 heavy (non-hydrogen) atoms. The third kappa shape index (κ3) is 2.04. The lowest BCUT2D eigenvalue weighted by molar-refractivity contribution is 0.239. The summed E-state index contributed by atoms with van der Waals surface area (Å²) < 4.78 is 0. The predicted octanol–water partition coefficient (Wildman–Crippen LogP) is 3.71. The fourth-order valence-corrected chi connectivity index (χ4v) is 2.57. The molecule has 1 atom stereocenters. The van der Waals surface area contributed by atoms with Gasteiger partial charge < -0.3 is 5.32 Å². The zero-order valence-corrected chi connectivity index (χ0v) is 10.1. The summed E-state index contributed by atoms with van der Waals surface area (Å²) in [6.07, 6.45) is 4.03. The molecule has 1 fully saturated rings. The maximum Gasteiger partial charge on any atom is 0.0483 e. The molecule has 0 radical (unpaired) electrons. The van der Waals surface area contributed by atoms with Crippen LogP contribution in [0.4, 0.5) is 0 Å². The second-order valence-corrected chi connectivity index (χ2v) is 4.81. The molecule has 0 saturated heterocycles. The lowest BCUT2D eigenvalue weighted by Crippen LogP contribution is -2.30. The van der Waals surface area contributed by atoms with Gasteiger partial charge in [-0.3, -0.25) is 0 Å². The van der Waals surface area contributed by atoms with Crippen LogP contribution in [0.2, 0.25) is 5.02 Å². The third-order valence-electron chi connectivity index (χ3n) is 3.49. The smallest absolute Gasteiger partial charge is 0.0483 e. The molecule has 1 aromatic carbocycles. The molecular weight excluding hydrogens is 206 g/mol. The molecule has 0 aromatic heterocycles. The van der Waals surface area contributed by atoms with Crippen LogP contribution in [-0.2, 0) is 0 Å². The van der Waals surface area contributed by atoms with Gasteiger partial charge in [0.15, 0.2) is 0 Å². The summed E-state index contributed by atoms with van der Waals surface area (Å²) in [6.45, 7) is 2.07. The average molecular weight is 224 g/mol. The number of halogens is 1. The summed E-state index contributed by atoms with van der Waals surface area (Å²) in [4.78, 5) is 0. The number of hydrogen-bond donors (Lipinski definition) is 1. The number of aryl methyl sites for hydroxylation is 1. The van der Waals surface area contributed by atoms with Gasteiger partial charge in [0.05, 0.1) is 0 Å². The van der Waals surface area contributed by atoms with E-state index in [9.17, 15) is 0 Å². The van der Waals surface area contributed by atoms with E-state index >= 15 is 0 Å². The van der Waals surface area contributed by atoms with Gasteiger partial charge in [0.25, 0.3) is 0 Å². The van der Waals surface area contributed by atoms with Crippen molar-refractivity contribution >= 4 is 11.6 Å². The maximum atomic E-state index is 6.35. The van der Waals surface area contributed by atoms with E-state index in [1.807, 2.05) is 7.05 Å². The summed E-state index contributed by atoms with van der Waals surface area (Å²) in [6, 6.07) is 6.75. The number of benzene rings is 1. The highest BCUT2D eigenvalue weighted by Crippen LogP contribution is 2.40. The average Bonchev–Trinajstić information content (AvgIpc) is 2.16. The van der Waals surface area contributed by atoms with Crippen LogP contribution in [0, 0.1) is 12.8 Å². The Labute approximate surface area is 96.8 Å². The minimum Gasteiger partial charge on any atom is -0.313 e. The molecule has 1 unspecified atom stereocenters. The molecule has 1 N–H and O–H groups in total. The van der Waals surface area contributed by atoms with Gasteiger partial charge in [-0.05, 0) is 43.9 Å². The number of rotatable bonds is 3. The van der Waals surface area contributed by atoms with E-state index in [0.717, 1.165) is 10.9 Å². The summed E-state index contributed by atoms with van der Waals surface area (Å²) in [5.74, 6) is 0.772. The van der Waals surface area contributed by atoms with Gasteiger partial charge in [0.1, 0.15) is 0 Å². The molecular formula is C13H18ClN. The second kappa shape index (κ2) is 4.54. The Morgan fingerprint density at radius 2 is 2.13 bits per heavy atom. The largest absolute Gasteiger partial charge is 0.313 e. The fourth-order valence-electron chi connectivity index (χ4n) is 2.33. The first-order chi connectivity index (χ1) is 7.24. The second-order valence-electron chi connectivity index (χ2n) is 4.44. The van der Waals surface area contributed by atoms with Crippen molar-refractivity contribution in [2.75, 3.05) is 7.05 Å². The van der Waals surface area contributed by atoms with Crippen molar-refractivity contribution in [3.63, 3.8) is 0 Å². The molecule has 0 aliphatic heterocycles. The SMILES string of the molecule is CNC(c1cccc(C)c1Cl)C1CCC1. The van der Waals surface area contributed by atoms with Crippen LogP contribution in [0.1, 0.15) is 36.4 Å². The Morgan fingerprint density at radius 1 is 1.40 bits per heavy atom. The standard InChI is InChI=1S/C13H18ClN/c1-9-5-3-8-11(12(9)14)13(15-2)10-6-4-7-10/h3,5,8,10,13,15H,4,6-7H2,1-2H3. The molecule has 1 aliphatic rings. The lowest BCUT2D eigenvalue weighted by atomic mass is 9.77. The first-order valence-electron chi connectivity index (χ1n) is 5.66. The zero-order chi connectivity index (χ0) is 10.8. The maximum absolute atomic E-state index is 6.35. The summed E-state index contributed by atoms with van der Waals surface area (Å²) in [7, 11) is 2.03. The van der Waals surface area contributed by atoms with E-state index in [1.165, 1.54) is 30.4 Å². The van der Waals surface area contributed by atoms with Gasteiger partial charge in [-0.15, -0.1) is 0 Å². The van der Waals surface area contributed by atoms with Crippen LogP contribution in [0.5, 0.6) is 0 Å². The van der Waals surface area contributed by atoms with Crippen molar-refractivity contribution in [2.24, 2.45) is 5.92 Å². The Balaban J connectivity index is 2.29. The summed E-state index contributed by atoms with van der Waals surface area (Å²) >= 11 is 6.35. The molecule has 2 heteroatoms. The van der Waals surface area contributed by atoms with Crippen LogP contribution in [-0.4, -0.2) is 7.05 Å². The van der Waals surface area contributed by atoms with E-state index < -0.39 is 0 Å². The van der Waals surface area contributed by atoms with Gasteiger partial charge in [0, 0.05) is 11.1 Å². The van der Waals surface area contributed by atoms with Crippen LogP contribution in [0.3, 0.4) is 0 Å². The minimum absolute atomic E-state index is 0.436. The molecule has 0 spiro atoms. The molecule has 1 aromatic rings. The van der Waals surface area contributed by atoms with E-state index in [-0.39, 0.29) is 0 Å². The monoisotopic (exact) mass is 223 g/mol. The molecule has 82 valence electrons. The van der Waals surface area contributed by atoms with Crippen molar-refractivity contribution in [3.05, 3.63) is 34.3 Å². The molecule has 2 rings (SSSR count). The van der Waals surface area contributed by atoms with Crippen molar-refractivity contribution in [2.45, 2.75) is 32.2 Å². The van der Waals surface area contributed by atoms with Crippen LogP contribution >= 0.6 is 11.6 Å². The van der Waals surface area contributed by atoms with E-state index in [2.05, 4.69) is 30.4 Å². The summed E-state index contributed by atoms with van der Waals surface area (Å²) in [5, 5.41) is 4.34. The van der Waals surface area contributed by atoms with Crippen molar-refractivity contribution in [3.8, 4) is 0 Å². The normalized spacial score (nSPS) is 18.6. The van der Waals surface area contributed by atoms with Gasteiger partial charge in [-0.25, -0.2) is 0 Å². The lowest BCUT2D eigenvalue weighted by Gasteiger charge is -2.34. The third-order valence-corrected chi connectivity index (χ3v) is 4.01. The molecule has 0 heterocycles. The molecule has 1 aliphatic carbocycles. The Kier molecular flexibility index (Phi) is 3.32. The van der Waals surface area contributed by atoms with Crippen molar-refractivity contribution in [1.29, 1.82) is 0 Å². The Hall–Kier alpha value is -0.530. The van der Waals surface area contributed by atoms with E-state index in [1.54, 1.807) is 0 Å². The van der Waals surface area contributed by atoms with Gasteiger partial charge in [-0.2, -0.15) is 0 Å². The van der Waals surface area contributed by atoms with Crippen molar-refractivity contribution in [1.82, 2.24) is 5.32 Å². The molecule has 0 amide bonds.